The van der Waals surface area contributed by atoms with Crippen molar-refractivity contribution in [2.24, 2.45) is 0 Å². The van der Waals surface area contributed by atoms with Crippen LogP contribution in [0.15, 0.2) is 36.4 Å². The van der Waals surface area contributed by atoms with Gasteiger partial charge in [0.2, 0.25) is 0 Å². The van der Waals surface area contributed by atoms with Crippen molar-refractivity contribution in [1.29, 1.82) is 0 Å². The van der Waals surface area contributed by atoms with Crippen LogP contribution in [0.2, 0.25) is 15.1 Å². The molecule has 0 amide bonds. The molecular formula is C14H9Cl3O2. The van der Waals surface area contributed by atoms with Crippen LogP contribution in [0.3, 0.4) is 0 Å². The van der Waals surface area contributed by atoms with Gasteiger partial charge >= 0.3 is 5.97 Å². The summed E-state index contributed by atoms with van der Waals surface area (Å²) >= 11 is 17.7. The summed E-state index contributed by atoms with van der Waals surface area (Å²) in [5.41, 5.74) is 1.15. The summed E-state index contributed by atoms with van der Waals surface area (Å²) in [7, 11) is 0. The first-order valence-electron chi connectivity index (χ1n) is 5.41. The molecule has 5 heteroatoms. The summed E-state index contributed by atoms with van der Waals surface area (Å²) < 4.78 is 5.21. The molecule has 2 aromatic rings. The molecule has 19 heavy (non-hydrogen) atoms. The Kier molecular flexibility index (Phi) is 4.35. The summed E-state index contributed by atoms with van der Waals surface area (Å²) in [5, 5.41) is 1.45. The Morgan fingerprint density at radius 3 is 2.05 bits per heavy atom. The molecule has 0 saturated heterocycles. The van der Waals surface area contributed by atoms with E-state index in [9.17, 15) is 4.79 Å². The quantitative estimate of drug-likeness (QED) is 0.564. The minimum atomic E-state index is -0.493. The number of hydrogen-bond donors (Lipinski definition) is 0. The zero-order valence-electron chi connectivity index (χ0n) is 9.91. The third-order valence-corrected chi connectivity index (χ3v) is 3.58. The SMILES string of the molecule is Cc1c(Cl)cc(OC(=O)c2ccc(Cl)cc2)cc1Cl. The maximum atomic E-state index is 11.9. The first-order chi connectivity index (χ1) is 8.97. The number of esters is 1. The lowest BCUT2D eigenvalue weighted by atomic mass is 10.2. The van der Waals surface area contributed by atoms with E-state index in [1.807, 2.05) is 0 Å². The van der Waals surface area contributed by atoms with Crippen molar-refractivity contribution in [2.75, 3.05) is 0 Å². The van der Waals surface area contributed by atoms with Crippen LogP contribution < -0.4 is 4.74 Å². The number of carbonyl (C=O) groups is 1. The maximum Gasteiger partial charge on any atom is 0.343 e. The Morgan fingerprint density at radius 1 is 1.00 bits per heavy atom. The molecule has 0 N–H and O–H groups in total. The normalized spacial score (nSPS) is 10.3. The van der Waals surface area contributed by atoms with Gasteiger partial charge in [-0.15, -0.1) is 0 Å². The zero-order valence-corrected chi connectivity index (χ0v) is 12.2. The predicted octanol–water partition coefficient (Wildman–Crippen LogP) is 5.17. The molecule has 2 aromatic carbocycles. The molecule has 0 aliphatic rings. The first kappa shape index (κ1) is 14.2. The predicted molar refractivity (Wildman–Crippen MR) is 77.6 cm³/mol. The van der Waals surface area contributed by atoms with E-state index in [1.54, 1.807) is 43.3 Å². The molecule has 2 rings (SSSR count). The van der Waals surface area contributed by atoms with Gasteiger partial charge in [-0.3, -0.25) is 0 Å². The Bertz CT molecular complexity index is 598. The van der Waals surface area contributed by atoms with Crippen LogP contribution in [-0.2, 0) is 0 Å². The van der Waals surface area contributed by atoms with Crippen LogP contribution in [0, 0.1) is 6.92 Å². The van der Waals surface area contributed by atoms with Gasteiger partial charge in [0.25, 0.3) is 0 Å². The Labute approximate surface area is 125 Å². The Morgan fingerprint density at radius 2 is 1.53 bits per heavy atom. The van der Waals surface area contributed by atoms with Crippen LogP contribution >= 0.6 is 34.8 Å². The molecule has 0 unspecified atom stereocenters. The molecule has 0 saturated carbocycles. The fourth-order valence-corrected chi connectivity index (χ4v) is 2.03. The molecule has 0 aliphatic carbocycles. The van der Waals surface area contributed by atoms with Crippen LogP contribution in [0.25, 0.3) is 0 Å². The highest BCUT2D eigenvalue weighted by molar-refractivity contribution is 6.36. The second kappa shape index (κ2) is 5.83. The van der Waals surface area contributed by atoms with Gasteiger partial charge in [0.05, 0.1) is 5.56 Å². The lowest BCUT2D eigenvalue weighted by molar-refractivity contribution is 0.0735. The Hall–Kier alpha value is -1.22. The largest absolute Gasteiger partial charge is 0.423 e. The second-order valence-corrected chi connectivity index (χ2v) is 5.16. The van der Waals surface area contributed by atoms with Crippen LogP contribution in [0.5, 0.6) is 5.75 Å². The van der Waals surface area contributed by atoms with E-state index in [2.05, 4.69) is 0 Å². The summed E-state index contributed by atoms with van der Waals surface area (Å²) in [4.78, 5) is 11.9. The van der Waals surface area contributed by atoms with Gasteiger partial charge < -0.3 is 4.74 Å². The molecule has 0 radical (unpaired) electrons. The number of hydrogen-bond acceptors (Lipinski definition) is 2. The molecule has 98 valence electrons. The highest BCUT2D eigenvalue weighted by Gasteiger charge is 2.11. The number of halogens is 3. The van der Waals surface area contributed by atoms with Gasteiger partial charge in [-0.25, -0.2) is 4.79 Å². The van der Waals surface area contributed by atoms with E-state index in [0.29, 0.717) is 26.4 Å². The van der Waals surface area contributed by atoms with E-state index in [1.165, 1.54) is 0 Å². The fourth-order valence-electron chi connectivity index (χ4n) is 1.43. The highest BCUT2D eigenvalue weighted by Crippen LogP contribution is 2.29. The van der Waals surface area contributed by atoms with E-state index in [4.69, 9.17) is 39.5 Å². The van der Waals surface area contributed by atoms with Crippen LogP contribution in [0.4, 0.5) is 0 Å². The lowest BCUT2D eigenvalue weighted by Gasteiger charge is -2.07. The van der Waals surface area contributed by atoms with E-state index in [-0.39, 0.29) is 0 Å². The molecule has 0 aromatic heterocycles. The molecule has 0 fully saturated rings. The summed E-state index contributed by atoms with van der Waals surface area (Å²) in [6, 6.07) is 9.51. The van der Waals surface area contributed by atoms with Crippen LogP contribution in [-0.4, -0.2) is 5.97 Å². The number of carbonyl (C=O) groups excluding carboxylic acids is 1. The van der Waals surface area contributed by atoms with Gasteiger partial charge in [0.15, 0.2) is 0 Å². The smallest absolute Gasteiger partial charge is 0.343 e. The molecule has 0 bridgehead atoms. The number of benzene rings is 2. The third-order valence-electron chi connectivity index (χ3n) is 2.54. The third kappa shape index (κ3) is 3.41. The van der Waals surface area contributed by atoms with Crippen molar-refractivity contribution in [2.45, 2.75) is 6.92 Å². The minimum absolute atomic E-state index is 0.306. The van der Waals surface area contributed by atoms with Crippen LogP contribution in [0.1, 0.15) is 15.9 Å². The summed E-state index contributed by atoms with van der Waals surface area (Å²) in [5.74, 6) is -0.187. The molecule has 2 nitrogen and oxygen atoms in total. The monoisotopic (exact) mass is 314 g/mol. The van der Waals surface area contributed by atoms with Crippen molar-refractivity contribution < 1.29 is 9.53 Å². The maximum absolute atomic E-state index is 11.9. The van der Waals surface area contributed by atoms with Crippen molar-refractivity contribution in [3.63, 3.8) is 0 Å². The van der Waals surface area contributed by atoms with Crippen molar-refractivity contribution in [3.8, 4) is 5.75 Å². The summed E-state index contributed by atoms with van der Waals surface area (Å²) in [6.07, 6.45) is 0. The Balaban J connectivity index is 2.22. The van der Waals surface area contributed by atoms with Gasteiger partial charge in [-0.1, -0.05) is 34.8 Å². The topological polar surface area (TPSA) is 26.3 Å². The van der Waals surface area contributed by atoms with Gasteiger partial charge in [-0.2, -0.15) is 0 Å². The first-order valence-corrected chi connectivity index (χ1v) is 6.54. The molecule has 0 aliphatic heterocycles. The molecule has 0 atom stereocenters. The van der Waals surface area contributed by atoms with E-state index in [0.717, 1.165) is 5.56 Å². The minimum Gasteiger partial charge on any atom is -0.423 e. The molecule has 0 heterocycles. The fraction of sp³-hybridized carbons (Fsp3) is 0.0714. The van der Waals surface area contributed by atoms with Gasteiger partial charge in [0, 0.05) is 15.1 Å². The second-order valence-electron chi connectivity index (χ2n) is 3.91. The number of rotatable bonds is 2. The standard InChI is InChI=1S/C14H9Cl3O2/c1-8-12(16)6-11(7-13(8)17)19-14(18)9-2-4-10(15)5-3-9/h2-7H,1H3. The number of ether oxygens (including phenoxy) is 1. The molecule has 0 spiro atoms. The van der Waals surface area contributed by atoms with Crippen molar-refractivity contribution in [3.05, 3.63) is 62.6 Å². The van der Waals surface area contributed by atoms with E-state index < -0.39 is 5.97 Å². The van der Waals surface area contributed by atoms with E-state index >= 15 is 0 Å². The van der Waals surface area contributed by atoms with Gasteiger partial charge in [0.1, 0.15) is 5.75 Å². The summed E-state index contributed by atoms with van der Waals surface area (Å²) in [6.45, 7) is 1.79. The lowest BCUT2D eigenvalue weighted by Crippen LogP contribution is -2.08. The average Bonchev–Trinajstić information content (AvgIpc) is 2.36. The van der Waals surface area contributed by atoms with Crippen molar-refractivity contribution in [1.82, 2.24) is 0 Å². The van der Waals surface area contributed by atoms with Gasteiger partial charge in [-0.05, 0) is 48.9 Å². The molecular weight excluding hydrogens is 307 g/mol. The highest BCUT2D eigenvalue weighted by atomic mass is 35.5. The average molecular weight is 316 g/mol. The van der Waals surface area contributed by atoms with Crippen molar-refractivity contribution >= 4 is 40.8 Å². The zero-order chi connectivity index (χ0) is 14.0.